The van der Waals surface area contributed by atoms with Gasteiger partial charge in [0.2, 0.25) is 11.8 Å². The van der Waals surface area contributed by atoms with Gasteiger partial charge in [0.1, 0.15) is 35.5 Å². The van der Waals surface area contributed by atoms with E-state index in [4.69, 9.17) is 4.74 Å². The smallest absolute Gasteiger partial charge is 0.328 e. The number of ether oxygens (including phenoxy) is 1. The molecule has 0 spiro atoms. The van der Waals surface area contributed by atoms with Crippen LogP contribution in [0.15, 0.2) is 24.3 Å². The van der Waals surface area contributed by atoms with Crippen LogP contribution in [0.1, 0.15) is 28.7 Å². The van der Waals surface area contributed by atoms with E-state index in [0.29, 0.717) is 27.4 Å². The Morgan fingerprint density at radius 2 is 1.76 bits per heavy atom. The molecule has 1 fully saturated rings. The van der Waals surface area contributed by atoms with Gasteiger partial charge in [0.15, 0.2) is 0 Å². The second-order valence-corrected chi connectivity index (χ2v) is 6.73. The van der Waals surface area contributed by atoms with Crippen LogP contribution in [-0.2, 0) is 16.1 Å². The van der Waals surface area contributed by atoms with Crippen molar-refractivity contribution in [3.05, 3.63) is 52.2 Å². The first-order chi connectivity index (χ1) is 13.8. The molecule has 0 unspecified atom stereocenters. The Morgan fingerprint density at radius 1 is 1.17 bits per heavy atom. The molecule has 1 atom stereocenters. The van der Waals surface area contributed by atoms with E-state index in [1.54, 1.807) is 42.7 Å². The van der Waals surface area contributed by atoms with Crippen molar-refractivity contribution < 1.29 is 29.0 Å². The number of nitrogens with one attached hydrogen (secondary N) is 2. The summed E-state index contributed by atoms with van der Waals surface area (Å²) in [7, 11) is 1.50. The average molecular weight is 402 g/mol. The monoisotopic (exact) mass is 402 g/mol. The number of nitrogens with zero attached hydrogens (tertiary/aromatic N) is 2. The maximum atomic E-state index is 13.0. The van der Waals surface area contributed by atoms with Crippen molar-refractivity contribution >= 4 is 17.8 Å². The van der Waals surface area contributed by atoms with Crippen LogP contribution in [0.4, 0.5) is 4.79 Å². The fourth-order valence-electron chi connectivity index (χ4n) is 3.61. The molecule has 1 aromatic carbocycles. The number of methoxy groups -OCH3 is 1. The second-order valence-electron chi connectivity index (χ2n) is 6.73. The van der Waals surface area contributed by atoms with E-state index in [9.17, 15) is 24.7 Å². The van der Waals surface area contributed by atoms with Gasteiger partial charge in [0.25, 0.3) is 5.82 Å². The summed E-state index contributed by atoms with van der Waals surface area (Å²) in [6, 6.07) is 5.71. The van der Waals surface area contributed by atoms with Gasteiger partial charge in [-0.05, 0) is 17.7 Å². The van der Waals surface area contributed by atoms with Crippen molar-refractivity contribution in [1.29, 1.82) is 0 Å². The minimum absolute atomic E-state index is 0.110. The molecule has 2 heterocycles. The fourth-order valence-corrected chi connectivity index (χ4v) is 3.61. The molecular formula is C19H22N4O6. The van der Waals surface area contributed by atoms with Crippen LogP contribution in [0.2, 0.25) is 0 Å². The number of urea groups is 1. The Balaban J connectivity index is 2.24. The number of hydrogen-bond donors (Lipinski definition) is 3. The van der Waals surface area contributed by atoms with Crippen LogP contribution in [0, 0.1) is 25.0 Å². The number of aliphatic hydroxyl groups excluding tert-OH is 1. The third-order valence-corrected chi connectivity index (χ3v) is 5.17. The van der Waals surface area contributed by atoms with E-state index in [-0.39, 0.29) is 19.0 Å². The standard InChI is InChI=1S/C19H22N4O6/c1-10-11(2)23(28)18(22(10)8-9-24)14(12-4-6-13(29-3)7-5-12)15-16(25)20-19(27)21-17(15)26/h4-7,14-15,24H,8-9H2,1-3H3,(H2,20,21,25,26,27)/t14-/m0/s1. The molecule has 29 heavy (non-hydrogen) atoms. The maximum absolute atomic E-state index is 13.0. The third-order valence-electron chi connectivity index (χ3n) is 5.17. The normalized spacial score (nSPS) is 15.8. The van der Waals surface area contributed by atoms with Crippen molar-refractivity contribution in [2.45, 2.75) is 26.3 Å². The van der Waals surface area contributed by atoms with Crippen molar-refractivity contribution in [3.8, 4) is 5.75 Å². The number of imidazole rings is 1. The molecule has 0 bridgehead atoms. The van der Waals surface area contributed by atoms with Gasteiger partial charge in [0.05, 0.1) is 13.7 Å². The van der Waals surface area contributed by atoms with Crippen LogP contribution in [0.3, 0.4) is 0 Å². The predicted molar refractivity (Wildman–Crippen MR) is 100.0 cm³/mol. The number of carbonyl (C=O) groups excluding carboxylic acids is 3. The van der Waals surface area contributed by atoms with Gasteiger partial charge in [-0.1, -0.05) is 12.1 Å². The zero-order chi connectivity index (χ0) is 21.3. The number of aromatic nitrogens is 2. The lowest BCUT2D eigenvalue weighted by Gasteiger charge is -2.27. The molecule has 2 aromatic rings. The number of barbiturate groups is 1. The number of amides is 4. The lowest BCUT2D eigenvalue weighted by atomic mass is 9.83. The van der Waals surface area contributed by atoms with Gasteiger partial charge in [-0.2, -0.15) is 0 Å². The quantitative estimate of drug-likeness (QED) is 0.349. The lowest BCUT2D eigenvalue weighted by Crippen LogP contribution is -2.58. The Labute approximate surface area is 166 Å². The number of rotatable bonds is 6. The Kier molecular flexibility index (Phi) is 5.55. The predicted octanol–water partition coefficient (Wildman–Crippen LogP) is -0.147. The highest BCUT2D eigenvalue weighted by Crippen LogP contribution is 2.34. The first-order valence-electron chi connectivity index (χ1n) is 8.99. The Morgan fingerprint density at radius 3 is 2.28 bits per heavy atom. The minimum Gasteiger partial charge on any atom is -0.711 e. The molecule has 1 aliphatic heterocycles. The van der Waals surface area contributed by atoms with E-state index < -0.39 is 29.7 Å². The Bertz CT molecular complexity index is 946. The number of benzene rings is 1. The zero-order valence-electron chi connectivity index (χ0n) is 16.3. The number of aliphatic hydroxyl groups is 1. The number of carbonyl (C=O) groups is 3. The summed E-state index contributed by atoms with van der Waals surface area (Å²) in [6.45, 7) is 3.21. The van der Waals surface area contributed by atoms with E-state index >= 15 is 0 Å². The fraction of sp³-hybridized carbons (Fsp3) is 0.368. The van der Waals surface area contributed by atoms with Crippen molar-refractivity contribution in [2.75, 3.05) is 13.7 Å². The molecule has 3 N–H and O–H groups in total. The molecule has 10 heteroatoms. The summed E-state index contributed by atoms with van der Waals surface area (Å²) in [5, 5.41) is 26.7. The molecule has 1 aromatic heterocycles. The van der Waals surface area contributed by atoms with Crippen LogP contribution in [-0.4, -0.2) is 41.2 Å². The molecule has 10 nitrogen and oxygen atoms in total. The summed E-state index contributed by atoms with van der Waals surface area (Å²) >= 11 is 0. The van der Waals surface area contributed by atoms with Crippen LogP contribution < -0.4 is 20.1 Å². The SMILES string of the molecule is COc1ccc([C@H](c2n(CCO)c(C)c(C)[n+]2[O-])C2C(=O)NC(=O)NC2=O)cc1. The molecule has 0 radical (unpaired) electrons. The number of hydrogen-bond acceptors (Lipinski definition) is 6. The summed E-state index contributed by atoms with van der Waals surface area (Å²) in [4.78, 5) is 36.7. The van der Waals surface area contributed by atoms with E-state index in [1.807, 2.05) is 0 Å². The van der Waals surface area contributed by atoms with Crippen LogP contribution in [0.5, 0.6) is 5.75 Å². The third kappa shape index (κ3) is 3.54. The van der Waals surface area contributed by atoms with E-state index in [2.05, 4.69) is 10.6 Å². The summed E-state index contributed by atoms with van der Waals surface area (Å²) < 4.78 is 7.41. The van der Waals surface area contributed by atoms with Gasteiger partial charge in [-0.15, -0.1) is 0 Å². The molecular weight excluding hydrogens is 380 g/mol. The van der Waals surface area contributed by atoms with Crippen molar-refractivity contribution in [3.63, 3.8) is 0 Å². The van der Waals surface area contributed by atoms with Gasteiger partial charge in [-0.25, -0.2) is 14.1 Å². The van der Waals surface area contributed by atoms with Crippen molar-refractivity contribution in [1.82, 2.24) is 15.2 Å². The summed E-state index contributed by atoms with van der Waals surface area (Å²) in [5.74, 6) is -3.26. The first-order valence-corrected chi connectivity index (χ1v) is 8.99. The van der Waals surface area contributed by atoms with Crippen molar-refractivity contribution in [2.24, 2.45) is 5.92 Å². The molecule has 1 saturated heterocycles. The average Bonchev–Trinajstić information content (AvgIpc) is 2.89. The molecule has 1 aliphatic rings. The van der Waals surface area contributed by atoms with Crippen LogP contribution >= 0.6 is 0 Å². The van der Waals surface area contributed by atoms with Crippen LogP contribution in [0.25, 0.3) is 0 Å². The maximum Gasteiger partial charge on any atom is 0.328 e. The summed E-state index contributed by atoms with van der Waals surface area (Å²) in [5.41, 5.74) is 1.51. The minimum atomic E-state index is -1.35. The van der Waals surface area contributed by atoms with E-state index in [1.165, 1.54) is 7.11 Å². The topological polar surface area (TPSA) is 137 Å². The van der Waals surface area contributed by atoms with E-state index in [0.717, 1.165) is 0 Å². The highest BCUT2D eigenvalue weighted by Gasteiger charge is 2.47. The van der Waals surface area contributed by atoms with Gasteiger partial charge < -0.3 is 15.1 Å². The zero-order valence-corrected chi connectivity index (χ0v) is 16.3. The number of imide groups is 2. The molecule has 154 valence electrons. The second kappa shape index (κ2) is 7.92. The first kappa shape index (κ1) is 20.3. The largest absolute Gasteiger partial charge is 0.711 e. The molecule has 3 rings (SSSR count). The summed E-state index contributed by atoms with van der Waals surface area (Å²) in [6.07, 6.45) is 0. The molecule has 4 amide bonds. The Hall–Kier alpha value is -3.40. The molecule has 0 saturated carbocycles. The van der Waals surface area contributed by atoms with Gasteiger partial charge in [-0.3, -0.25) is 20.2 Å². The van der Waals surface area contributed by atoms with Gasteiger partial charge in [0, 0.05) is 13.8 Å². The molecule has 0 aliphatic carbocycles. The highest BCUT2D eigenvalue weighted by molar-refractivity contribution is 6.16. The lowest BCUT2D eigenvalue weighted by molar-refractivity contribution is -0.621. The highest BCUT2D eigenvalue weighted by atomic mass is 16.5. The van der Waals surface area contributed by atoms with Gasteiger partial charge >= 0.3 is 6.03 Å².